The fraction of sp³-hybridized carbons (Fsp3) is 0.600. The highest BCUT2D eigenvalue weighted by atomic mass is 32.1. The molecule has 0 saturated carbocycles. The second-order valence-electron chi connectivity index (χ2n) is 4.49. The number of terminal acetylenes is 1. The molecular formula is C15H23NS. The van der Waals surface area contributed by atoms with Gasteiger partial charge in [-0.2, -0.15) is 0 Å². The maximum absolute atomic E-state index is 5.31. The van der Waals surface area contributed by atoms with Crippen LogP contribution in [0.25, 0.3) is 0 Å². The second kappa shape index (κ2) is 7.53. The van der Waals surface area contributed by atoms with Gasteiger partial charge >= 0.3 is 0 Å². The summed E-state index contributed by atoms with van der Waals surface area (Å²) in [6, 6.07) is 2.81. The molecule has 0 bridgehead atoms. The van der Waals surface area contributed by atoms with Gasteiger partial charge in [-0.3, -0.25) is 0 Å². The molecule has 1 rings (SSSR count). The van der Waals surface area contributed by atoms with E-state index in [0.717, 1.165) is 25.8 Å². The Morgan fingerprint density at radius 1 is 1.47 bits per heavy atom. The van der Waals surface area contributed by atoms with Crippen LogP contribution < -0.4 is 5.32 Å². The number of hydrogen-bond acceptors (Lipinski definition) is 2. The molecule has 0 saturated heterocycles. The molecule has 0 aliphatic heterocycles. The maximum atomic E-state index is 5.31. The van der Waals surface area contributed by atoms with Crippen LogP contribution in [0.5, 0.6) is 0 Å². The van der Waals surface area contributed by atoms with Gasteiger partial charge in [0.05, 0.1) is 0 Å². The average Bonchev–Trinajstić information content (AvgIpc) is 2.64. The molecule has 1 atom stereocenters. The third kappa shape index (κ3) is 4.53. The molecule has 1 unspecified atom stereocenters. The predicted molar refractivity (Wildman–Crippen MR) is 77.5 cm³/mol. The van der Waals surface area contributed by atoms with Crippen LogP contribution in [0.1, 0.15) is 54.0 Å². The molecule has 2 heteroatoms. The number of thiophene rings is 1. The van der Waals surface area contributed by atoms with Crippen molar-refractivity contribution in [1.82, 2.24) is 5.32 Å². The normalized spacial score (nSPS) is 12.4. The van der Waals surface area contributed by atoms with E-state index in [9.17, 15) is 0 Å². The van der Waals surface area contributed by atoms with Crippen LogP contribution in [0.15, 0.2) is 6.07 Å². The third-order valence-electron chi connectivity index (χ3n) is 2.98. The summed E-state index contributed by atoms with van der Waals surface area (Å²) in [6.07, 6.45) is 9.62. The Morgan fingerprint density at radius 2 is 2.24 bits per heavy atom. The molecule has 1 heterocycles. The Hall–Kier alpha value is -0.780. The number of unbranched alkanes of at least 4 members (excludes halogenated alkanes) is 1. The summed E-state index contributed by atoms with van der Waals surface area (Å²) in [5.41, 5.74) is 1.41. The van der Waals surface area contributed by atoms with E-state index in [1.165, 1.54) is 21.7 Å². The number of rotatable bonds is 7. The minimum Gasteiger partial charge on any atom is -0.309 e. The molecule has 17 heavy (non-hydrogen) atoms. The Labute approximate surface area is 110 Å². The van der Waals surface area contributed by atoms with Crippen molar-refractivity contribution in [3.63, 3.8) is 0 Å². The van der Waals surface area contributed by atoms with Crippen molar-refractivity contribution in [3.8, 4) is 12.3 Å². The maximum Gasteiger partial charge on any atom is 0.0415 e. The number of hydrogen-bond donors (Lipinski definition) is 1. The monoisotopic (exact) mass is 249 g/mol. The second-order valence-corrected chi connectivity index (χ2v) is 5.78. The molecule has 1 nitrogen and oxygen atoms in total. The van der Waals surface area contributed by atoms with Gasteiger partial charge < -0.3 is 5.32 Å². The summed E-state index contributed by atoms with van der Waals surface area (Å²) in [4.78, 5) is 2.89. The Morgan fingerprint density at radius 3 is 2.76 bits per heavy atom. The summed E-state index contributed by atoms with van der Waals surface area (Å²) in [7, 11) is 0. The lowest BCUT2D eigenvalue weighted by Crippen LogP contribution is -2.21. The largest absolute Gasteiger partial charge is 0.309 e. The van der Waals surface area contributed by atoms with E-state index in [-0.39, 0.29) is 0 Å². The minimum absolute atomic E-state index is 0.487. The van der Waals surface area contributed by atoms with Gasteiger partial charge in [0.1, 0.15) is 0 Å². The Kier molecular flexibility index (Phi) is 6.32. The molecule has 1 N–H and O–H groups in total. The molecule has 0 fully saturated rings. The van der Waals surface area contributed by atoms with Crippen molar-refractivity contribution < 1.29 is 0 Å². The molecule has 1 aromatic rings. The van der Waals surface area contributed by atoms with Crippen molar-refractivity contribution in [1.29, 1.82) is 0 Å². The quantitative estimate of drug-likeness (QED) is 0.564. The Bertz CT molecular complexity index is 353. The molecule has 0 spiro atoms. The minimum atomic E-state index is 0.487. The lowest BCUT2D eigenvalue weighted by molar-refractivity contribution is 0.494. The summed E-state index contributed by atoms with van der Waals surface area (Å²) in [5.74, 6) is 2.72. The summed E-state index contributed by atoms with van der Waals surface area (Å²) >= 11 is 1.92. The highest BCUT2D eigenvalue weighted by Crippen LogP contribution is 2.29. The zero-order valence-electron chi connectivity index (χ0n) is 11.2. The van der Waals surface area contributed by atoms with Crippen molar-refractivity contribution in [2.75, 3.05) is 6.54 Å². The van der Waals surface area contributed by atoms with Crippen LogP contribution in [0.2, 0.25) is 0 Å². The van der Waals surface area contributed by atoms with Gasteiger partial charge in [-0.05, 0) is 51.3 Å². The molecule has 0 radical (unpaired) electrons. The van der Waals surface area contributed by atoms with Crippen LogP contribution in [0, 0.1) is 26.2 Å². The first-order chi connectivity index (χ1) is 8.19. The predicted octanol–water partition coefficient (Wildman–Crippen LogP) is 4.21. The molecule has 0 aromatic carbocycles. The van der Waals surface area contributed by atoms with E-state index < -0.39 is 0 Å². The SMILES string of the molecule is C#CCCCC(NCCC)c1cc(C)c(C)s1. The van der Waals surface area contributed by atoms with Crippen LogP contribution in [-0.4, -0.2) is 6.54 Å². The zero-order chi connectivity index (χ0) is 12.7. The molecule has 0 aliphatic carbocycles. The van der Waals surface area contributed by atoms with E-state index in [4.69, 9.17) is 6.42 Å². The number of aryl methyl sites for hydroxylation is 2. The van der Waals surface area contributed by atoms with E-state index in [2.05, 4.69) is 38.1 Å². The van der Waals surface area contributed by atoms with Crippen molar-refractivity contribution in [2.24, 2.45) is 0 Å². The van der Waals surface area contributed by atoms with Gasteiger partial charge in [0.15, 0.2) is 0 Å². The van der Waals surface area contributed by atoms with Crippen LogP contribution >= 0.6 is 11.3 Å². The summed E-state index contributed by atoms with van der Waals surface area (Å²) < 4.78 is 0. The van der Waals surface area contributed by atoms with Gasteiger partial charge in [-0.1, -0.05) is 6.92 Å². The van der Waals surface area contributed by atoms with E-state index in [0.29, 0.717) is 6.04 Å². The van der Waals surface area contributed by atoms with Crippen LogP contribution in [0.4, 0.5) is 0 Å². The van der Waals surface area contributed by atoms with E-state index in [1.54, 1.807) is 0 Å². The standard InChI is InChI=1S/C15H23NS/c1-5-7-8-9-14(16-10-6-2)15-11-12(3)13(4)17-15/h1,11,14,16H,6-10H2,2-4H3. The first kappa shape index (κ1) is 14.3. The van der Waals surface area contributed by atoms with E-state index >= 15 is 0 Å². The van der Waals surface area contributed by atoms with Crippen molar-refractivity contribution >= 4 is 11.3 Å². The average molecular weight is 249 g/mol. The molecule has 94 valence electrons. The first-order valence-electron chi connectivity index (χ1n) is 6.42. The van der Waals surface area contributed by atoms with Gasteiger partial charge in [0.2, 0.25) is 0 Å². The lowest BCUT2D eigenvalue weighted by atomic mass is 10.1. The Balaban J connectivity index is 2.64. The molecule has 0 aliphatic rings. The van der Waals surface area contributed by atoms with E-state index in [1.807, 2.05) is 11.3 Å². The van der Waals surface area contributed by atoms with Gasteiger partial charge in [0, 0.05) is 22.2 Å². The van der Waals surface area contributed by atoms with Crippen molar-refractivity contribution in [3.05, 3.63) is 21.4 Å². The van der Waals surface area contributed by atoms with Crippen LogP contribution in [-0.2, 0) is 0 Å². The highest BCUT2D eigenvalue weighted by molar-refractivity contribution is 7.12. The van der Waals surface area contributed by atoms with Crippen LogP contribution in [0.3, 0.4) is 0 Å². The lowest BCUT2D eigenvalue weighted by Gasteiger charge is -2.16. The molecular weight excluding hydrogens is 226 g/mol. The highest BCUT2D eigenvalue weighted by Gasteiger charge is 2.13. The van der Waals surface area contributed by atoms with Gasteiger partial charge in [0.25, 0.3) is 0 Å². The smallest absolute Gasteiger partial charge is 0.0415 e. The molecule has 1 aromatic heterocycles. The van der Waals surface area contributed by atoms with Gasteiger partial charge in [-0.25, -0.2) is 0 Å². The topological polar surface area (TPSA) is 12.0 Å². The summed E-state index contributed by atoms with van der Waals surface area (Å²) in [6.45, 7) is 7.67. The fourth-order valence-corrected chi connectivity index (χ4v) is 3.00. The third-order valence-corrected chi connectivity index (χ3v) is 4.25. The number of nitrogens with one attached hydrogen (secondary N) is 1. The van der Waals surface area contributed by atoms with Crippen molar-refractivity contribution in [2.45, 2.75) is 52.5 Å². The zero-order valence-corrected chi connectivity index (χ0v) is 12.0. The summed E-state index contributed by atoms with van der Waals surface area (Å²) in [5, 5.41) is 3.63. The first-order valence-corrected chi connectivity index (χ1v) is 7.24. The molecule has 0 amide bonds. The fourth-order valence-electron chi connectivity index (χ4n) is 1.85. The van der Waals surface area contributed by atoms with Gasteiger partial charge in [-0.15, -0.1) is 23.7 Å².